The number of ether oxygens (including phenoxy) is 1. The van der Waals surface area contributed by atoms with Crippen LogP contribution in [0.25, 0.3) is 0 Å². The minimum absolute atomic E-state index is 0.0154. The van der Waals surface area contributed by atoms with Gasteiger partial charge in [0.1, 0.15) is 6.23 Å². The Hall–Kier alpha value is -0.900. The summed E-state index contributed by atoms with van der Waals surface area (Å²) in [5, 5.41) is 9.18. The van der Waals surface area contributed by atoms with E-state index in [0.29, 0.717) is 6.04 Å². The van der Waals surface area contributed by atoms with Crippen LogP contribution in [0.5, 0.6) is 0 Å². The van der Waals surface area contributed by atoms with Gasteiger partial charge in [0.05, 0.1) is 12.7 Å². The summed E-state index contributed by atoms with van der Waals surface area (Å²) in [6.07, 6.45) is -0.0778. The standard InChI is InChI=1S/C13H19NO2/c1-10(2)14-8-12(9-15)16-13(14)11-6-4-3-5-7-11/h3-7,10,12-13,15H,8-9H2,1-2H3/t12-,13+/m1/s1. The lowest BCUT2D eigenvalue weighted by Gasteiger charge is -2.26. The van der Waals surface area contributed by atoms with Gasteiger partial charge in [-0.25, -0.2) is 0 Å². The summed E-state index contributed by atoms with van der Waals surface area (Å²) in [4.78, 5) is 2.27. The fraction of sp³-hybridized carbons (Fsp3) is 0.538. The van der Waals surface area contributed by atoms with Crippen LogP contribution in [0, 0.1) is 0 Å². The lowest BCUT2D eigenvalue weighted by molar-refractivity contribution is -0.0266. The molecule has 3 nitrogen and oxygen atoms in total. The summed E-state index contributed by atoms with van der Waals surface area (Å²) in [6, 6.07) is 10.6. The van der Waals surface area contributed by atoms with Crippen molar-refractivity contribution in [3.05, 3.63) is 35.9 Å². The minimum atomic E-state index is -0.0624. The van der Waals surface area contributed by atoms with Crippen molar-refractivity contribution in [1.29, 1.82) is 0 Å². The van der Waals surface area contributed by atoms with Crippen molar-refractivity contribution in [2.75, 3.05) is 13.2 Å². The van der Waals surface area contributed by atoms with Crippen LogP contribution < -0.4 is 0 Å². The van der Waals surface area contributed by atoms with Gasteiger partial charge in [-0.2, -0.15) is 0 Å². The van der Waals surface area contributed by atoms with E-state index >= 15 is 0 Å². The molecule has 2 rings (SSSR count). The Morgan fingerprint density at radius 2 is 2.06 bits per heavy atom. The van der Waals surface area contributed by atoms with Crippen LogP contribution in [-0.2, 0) is 4.74 Å². The molecule has 0 aliphatic carbocycles. The summed E-state index contributed by atoms with van der Waals surface area (Å²) in [5.41, 5.74) is 1.16. The molecule has 1 heterocycles. The van der Waals surface area contributed by atoms with Crippen molar-refractivity contribution >= 4 is 0 Å². The fourth-order valence-electron chi connectivity index (χ4n) is 2.10. The van der Waals surface area contributed by atoms with Crippen molar-refractivity contribution in [3.8, 4) is 0 Å². The number of rotatable bonds is 3. The van der Waals surface area contributed by atoms with E-state index in [1.54, 1.807) is 0 Å². The Morgan fingerprint density at radius 1 is 1.38 bits per heavy atom. The maximum absolute atomic E-state index is 9.18. The lowest BCUT2D eigenvalue weighted by atomic mass is 10.1. The van der Waals surface area contributed by atoms with Crippen molar-refractivity contribution in [2.45, 2.75) is 32.2 Å². The van der Waals surface area contributed by atoms with Gasteiger partial charge in [0.2, 0.25) is 0 Å². The number of aliphatic hydroxyl groups is 1. The molecule has 0 radical (unpaired) electrons. The highest BCUT2D eigenvalue weighted by molar-refractivity contribution is 5.18. The fourth-order valence-corrected chi connectivity index (χ4v) is 2.10. The topological polar surface area (TPSA) is 32.7 Å². The average Bonchev–Trinajstić information content (AvgIpc) is 2.74. The highest BCUT2D eigenvalue weighted by Crippen LogP contribution is 2.31. The summed E-state index contributed by atoms with van der Waals surface area (Å²) >= 11 is 0. The van der Waals surface area contributed by atoms with Crippen LogP contribution in [0.4, 0.5) is 0 Å². The maximum atomic E-state index is 9.18. The first-order valence-electron chi connectivity index (χ1n) is 5.79. The third-order valence-corrected chi connectivity index (χ3v) is 2.99. The van der Waals surface area contributed by atoms with Crippen LogP contribution in [0.1, 0.15) is 25.6 Å². The third-order valence-electron chi connectivity index (χ3n) is 2.99. The molecule has 1 saturated heterocycles. The first kappa shape index (κ1) is 11.6. The minimum Gasteiger partial charge on any atom is -0.394 e. The molecule has 88 valence electrons. The molecule has 1 aromatic carbocycles. The van der Waals surface area contributed by atoms with Crippen molar-refractivity contribution in [1.82, 2.24) is 4.90 Å². The first-order valence-corrected chi connectivity index (χ1v) is 5.79. The molecule has 1 fully saturated rings. The predicted octanol–water partition coefficient (Wildman–Crippen LogP) is 1.79. The summed E-state index contributed by atoms with van der Waals surface area (Å²) < 4.78 is 5.85. The number of hydrogen-bond donors (Lipinski definition) is 1. The van der Waals surface area contributed by atoms with Crippen LogP contribution in [0.15, 0.2) is 30.3 Å². The summed E-state index contributed by atoms with van der Waals surface area (Å²) in [7, 11) is 0. The van der Waals surface area contributed by atoms with E-state index in [2.05, 4.69) is 30.9 Å². The molecule has 0 unspecified atom stereocenters. The van der Waals surface area contributed by atoms with E-state index in [1.807, 2.05) is 18.2 Å². The smallest absolute Gasteiger partial charge is 0.137 e. The van der Waals surface area contributed by atoms with Gasteiger partial charge in [0.25, 0.3) is 0 Å². The molecule has 0 amide bonds. The molecule has 1 N–H and O–H groups in total. The maximum Gasteiger partial charge on any atom is 0.137 e. The second-order valence-corrected chi connectivity index (χ2v) is 4.49. The number of nitrogens with zero attached hydrogens (tertiary/aromatic N) is 1. The molecular formula is C13H19NO2. The summed E-state index contributed by atoms with van der Waals surface area (Å²) in [6.45, 7) is 5.19. The van der Waals surface area contributed by atoms with Gasteiger partial charge in [0, 0.05) is 12.6 Å². The normalized spacial score (nSPS) is 26.5. The average molecular weight is 221 g/mol. The van der Waals surface area contributed by atoms with Crippen molar-refractivity contribution < 1.29 is 9.84 Å². The van der Waals surface area contributed by atoms with Crippen LogP contribution >= 0.6 is 0 Å². The third kappa shape index (κ3) is 2.26. The van der Waals surface area contributed by atoms with Gasteiger partial charge in [0.15, 0.2) is 0 Å². The molecule has 0 bridgehead atoms. The van der Waals surface area contributed by atoms with E-state index < -0.39 is 0 Å². The number of hydrogen-bond acceptors (Lipinski definition) is 3. The Balaban J connectivity index is 2.19. The Labute approximate surface area is 96.6 Å². The zero-order valence-corrected chi connectivity index (χ0v) is 9.84. The van der Waals surface area contributed by atoms with E-state index in [4.69, 9.17) is 4.74 Å². The molecule has 1 aliphatic heterocycles. The van der Waals surface area contributed by atoms with Crippen LogP contribution in [-0.4, -0.2) is 35.3 Å². The molecule has 0 aromatic heterocycles. The molecule has 2 atom stereocenters. The molecule has 0 spiro atoms. The molecule has 0 saturated carbocycles. The Kier molecular flexibility index (Phi) is 3.59. The highest BCUT2D eigenvalue weighted by Gasteiger charge is 2.34. The quantitative estimate of drug-likeness (QED) is 0.844. The van der Waals surface area contributed by atoms with Gasteiger partial charge >= 0.3 is 0 Å². The van der Waals surface area contributed by atoms with Gasteiger partial charge in [-0.05, 0) is 19.4 Å². The second kappa shape index (κ2) is 4.95. The lowest BCUT2D eigenvalue weighted by Crippen LogP contribution is -2.32. The Bertz CT molecular complexity index is 326. The van der Waals surface area contributed by atoms with E-state index in [9.17, 15) is 5.11 Å². The SMILES string of the molecule is CC(C)N1C[C@H](CO)O[C@H]1c1ccccc1. The van der Waals surface area contributed by atoms with Crippen molar-refractivity contribution in [2.24, 2.45) is 0 Å². The highest BCUT2D eigenvalue weighted by atomic mass is 16.5. The summed E-state index contributed by atoms with van der Waals surface area (Å²) in [5.74, 6) is 0. The molecular weight excluding hydrogens is 202 g/mol. The first-order chi connectivity index (χ1) is 7.72. The van der Waals surface area contributed by atoms with E-state index in [1.165, 1.54) is 0 Å². The van der Waals surface area contributed by atoms with Gasteiger partial charge in [-0.15, -0.1) is 0 Å². The second-order valence-electron chi connectivity index (χ2n) is 4.49. The molecule has 1 aromatic rings. The zero-order valence-electron chi connectivity index (χ0n) is 9.84. The van der Waals surface area contributed by atoms with Crippen molar-refractivity contribution in [3.63, 3.8) is 0 Å². The molecule has 1 aliphatic rings. The number of aliphatic hydroxyl groups excluding tert-OH is 1. The van der Waals surface area contributed by atoms with E-state index in [0.717, 1.165) is 12.1 Å². The zero-order chi connectivity index (χ0) is 11.5. The van der Waals surface area contributed by atoms with Gasteiger partial charge < -0.3 is 9.84 Å². The Morgan fingerprint density at radius 3 is 2.62 bits per heavy atom. The predicted molar refractivity (Wildman–Crippen MR) is 63.0 cm³/mol. The monoisotopic (exact) mass is 221 g/mol. The molecule has 3 heteroatoms. The molecule has 16 heavy (non-hydrogen) atoms. The largest absolute Gasteiger partial charge is 0.394 e. The van der Waals surface area contributed by atoms with Gasteiger partial charge in [-0.1, -0.05) is 30.3 Å². The van der Waals surface area contributed by atoms with Gasteiger partial charge in [-0.3, -0.25) is 4.90 Å². The van der Waals surface area contributed by atoms with Crippen LogP contribution in [0.2, 0.25) is 0 Å². The number of benzene rings is 1. The van der Waals surface area contributed by atoms with Crippen LogP contribution in [0.3, 0.4) is 0 Å². The van der Waals surface area contributed by atoms with E-state index in [-0.39, 0.29) is 18.9 Å².